The fourth-order valence-corrected chi connectivity index (χ4v) is 2.71. The van der Waals surface area contributed by atoms with Crippen LogP contribution in [0.15, 0.2) is 24.3 Å². The van der Waals surface area contributed by atoms with Crippen LogP contribution < -0.4 is 5.19 Å². The minimum atomic E-state index is -0.556. The fourth-order valence-electron chi connectivity index (χ4n) is 1.34. The number of benzene rings is 1. The van der Waals surface area contributed by atoms with Crippen LogP contribution in [0.2, 0.25) is 0 Å². The Labute approximate surface area is 89.4 Å². The first-order chi connectivity index (χ1) is 6.53. The first kappa shape index (κ1) is 11.5. The van der Waals surface area contributed by atoms with Crippen molar-refractivity contribution in [1.29, 1.82) is 0 Å². The zero-order valence-corrected chi connectivity index (χ0v) is 11.0. The van der Waals surface area contributed by atoms with Crippen LogP contribution in [0.1, 0.15) is 33.3 Å². The van der Waals surface area contributed by atoms with Crippen molar-refractivity contribution in [1.82, 2.24) is 0 Å². The Morgan fingerprint density at radius 2 is 1.86 bits per heavy atom. The van der Waals surface area contributed by atoms with Gasteiger partial charge in [-0.2, -0.15) is 0 Å². The molecule has 0 aliphatic heterocycles. The molecule has 2 heteroatoms. The molecule has 0 fully saturated rings. The van der Waals surface area contributed by atoms with Gasteiger partial charge in [-0.25, -0.2) is 0 Å². The van der Waals surface area contributed by atoms with Crippen LogP contribution in [0, 0.1) is 0 Å². The molecule has 0 radical (unpaired) electrons. The monoisotopic (exact) mass is 208 g/mol. The van der Waals surface area contributed by atoms with Crippen molar-refractivity contribution in [3.63, 3.8) is 0 Å². The van der Waals surface area contributed by atoms with Gasteiger partial charge in [0.1, 0.15) is 0 Å². The highest BCUT2D eigenvalue weighted by Gasteiger charge is 2.11. The van der Waals surface area contributed by atoms with Crippen LogP contribution in [-0.2, 0) is 10.8 Å². The minimum Gasteiger partial charge on any atom is -0.414 e. The molecule has 0 aliphatic carbocycles. The van der Waals surface area contributed by atoms with E-state index in [0.29, 0.717) is 0 Å². The standard InChI is InChI=1S/C12H20OSi/c1-5-10-8-6-7-9-11(10)14-13-12(2,3)4/h6-9H,5,14H2,1-4H3. The van der Waals surface area contributed by atoms with Gasteiger partial charge in [-0.1, -0.05) is 31.2 Å². The van der Waals surface area contributed by atoms with Crippen LogP contribution in [-0.4, -0.2) is 15.4 Å². The maximum absolute atomic E-state index is 5.90. The molecule has 78 valence electrons. The van der Waals surface area contributed by atoms with Crippen molar-refractivity contribution in [2.45, 2.75) is 39.7 Å². The molecule has 0 aromatic heterocycles. The molecule has 14 heavy (non-hydrogen) atoms. The summed E-state index contributed by atoms with van der Waals surface area (Å²) in [5.74, 6) is 0. The fraction of sp³-hybridized carbons (Fsp3) is 0.500. The van der Waals surface area contributed by atoms with Crippen molar-refractivity contribution < 1.29 is 4.43 Å². The van der Waals surface area contributed by atoms with Gasteiger partial charge >= 0.3 is 0 Å². The second-order valence-corrected chi connectivity index (χ2v) is 5.86. The summed E-state index contributed by atoms with van der Waals surface area (Å²) >= 11 is 0. The lowest BCUT2D eigenvalue weighted by atomic mass is 10.2. The first-order valence-corrected chi connectivity index (χ1v) is 6.52. The van der Waals surface area contributed by atoms with E-state index in [1.54, 1.807) is 0 Å². The number of hydrogen-bond acceptors (Lipinski definition) is 1. The molecule has 0 atom stereocenters. The van der Waals surface area contributed by atoms with Crippen LogP contribution in [0.4, 0.5) is 0 Å². The summed E-state index contributed by atoms with van der Waals surface area (Å²) < 4.78 is 5.90. The molecule has 1 aromatic carbocycles. The summed E-state index contributed by atoms with van der Waals surface area (Å²) in [5.41, 5.74) is 1.45. The lowest BCUT2D eigenvalue weighted by Crippen LogP contribution is -2.30. The zero-order chi connectivity index (χ0) is 10.6. The van der Waals surface area contributed by atoms with E-state index < -0.39 is 9.76 Å². The highest BCUT2D eigenvalue weighted by atomic mass is 28.2. The van der Waals surface area contributed by atoms with E-state index in [-0.39, 0.29) is 5.60 Å². The van der Waals surface area contributed by atoms with Gasteiger partial charge in [0.05, 0.1) is 0 Å². The molecule has 0 amide bonds. The van der Waals surface area contributed by atoms with Gasteiger partial charge in [0.2, 0.25) is 0 Å². The molecule has 0 unspecified atom stereocenters. The van der Waals surface area contributed by atoms with Gasteiger partial charge in [0, 0.05) is 5.60 Å². The molecule has 0 bridgehead atoms. The molecular formula is C12H20OSi. The maximum atomic E-state index is 5.90. The summed E-state index contributed by atoms with van der Waals surface area (Å²) in [7, 11) is -0.556. The minimum absolute atomic E-state index is 0.00702. The third kappa shape index (κ3) is 3.64. The SMILES string of the molecule is CCc1ccccc1[SiH2]OC(C)(C)C. The lowest BCUT2D eigenvalue weighted by molar-refractivity contribution is 0.142. The second-order valence-electron chi connectivity index (χ2n) is 4.52. The average molecular weight is 208 g/mol. The Morgan fingerprint density at radius 3 is 2.43 bits per heavy atom. The number of aryl methyl sites for hydroxylation is 1. The smallest absolute Gasteiger partial charge is 0.193 e. The molecule has 0 spiro atoms. The lowest BCUT2D eigenvalue weighted by Gasteiger charge is -2.20. The number of hydrogen-bond donors (Lipinski definition) is 0. The summed E-state index contributed by atoms with van der Waals surface area (Å²) in [6, 6.07) is 8.62. The Morgan fingerprint density at radius 1 is 1.21 bits per heavy atom. The molecule has 0 heterocycles. The van der Waals surface area contributed by atoms with Gasteiger partial charge in [0.15, 0.2) is 9.76 Å². The summed E-state index contributed by atoms with van der Waals surface area (Å²) in [6.45, 7) is 8.56. The van der Waals surface area contributed by atoms with Crippen LogP contribution >= 0.6 is 0 Å². The first-order valence-electron chi connectivity index (χ1n) is 5.23. The van der Waals surface area contributed by atoms with E-state index in [4.69, 9.17) is 4.43 Å². The van der Waals surface area contributed by atoms with Gasteiger partial charge in [-0.15, -0.1) is 0 Å². The van der Waals surface area contributed by atoms with E-state index in [1.165, 1.54) is 10.8 Å². The molecule has 1 rings (SSSR count). The van der Waals surface area contributed by atoms with Crippen molar-refractivity contribution in [2.75, 3.05) is 0 Å². The van der Waals surface area contributed by atoms with Gasteiger partial charge in [0.25, 0.3) is 0 Å². The predicted octanol–water partition coefficient (Wildman–Crippen LogP) is 1.77. The van der Waals surface area contributed by atoms with Gasteiger partial charge in [-0.05, 0) is 37.9 Å². The summed E-state index contributed by atoms with van der Waals surface area (Å²) in [6.07, 6.45) is 1.11. The molecule has 0 aliphatic rings. The molecule has 0 saturated carbocycles. The van der Waals surface area contributed by atoms with Crippen LogP contribution in [0.25, 0.3) is 0 Å². The molecular weight excluding hydrogens is 188 g/mol. The Hall–Kier alpha value is -0.603. The largest absolute Gasteiger partial charge is 0.414 e. The Kier molecular flexibility index (Phi) is 3.90. The molecule has 0 saturated heterocycles. The van der Waals surface area contributed by atoms with Gasteiger partial charge < -0.3 is 4.43 Å². The third-order valence-corrected chi connectivity index (χ3v) is 4.17. The Balaban J connectivity index is 2.67. The molecule has 0 N–H and O–H groups in total. The normalized spacial score (nSPS) is 12.6. The zero-order valence-electron chi connectivity index (χ0n) is 9.63. The number of rotatable bonds is 3. The Bertz CT molecular complexity index is 289. The van der Waals surface area contributed by atoms with Crippen molar-refractivity contribution in [3.8, 4) is 0 Å². The topological polar surface area (TPSA) is 9.23 Å². The van der Waals surface area contributed by atoms with Crippen molar-refractivity contribution >= 4 is 14.9 Å². The average Bonchev–Trinajstić information content (AvgIpc) is 2.14. The summed E-state index contributed by atoms with van der Waals surface area (Å²) in [4.78, 5) is 0. The third-order valence-electron chi connectivity index (χ3n) is 2.16. The predicted molar refractivity (Wildman–Crippen MR) is 64.8 cm³/mol. The highest BCUT2D eigenvalue weighted by Crippen LogP contribution is 2.05. The van der Waals surface area contributed by atoms with Gasteiger partial charge in [-0.3, -0.25) is 0 Å². The van der Waals surface area contributed by atoms with E-state index in [9.17, 15) is 0 Å². The van der Waals surface area contributed by atoms with Crippen LogP contribution in [0.5, 0.6) is 0 Å². The quantitative estimate of drug-likeness (QED) is 0.688. The van der Waals surface area contributed by atoms with Crippen LogP contribution in [0.3, 0.4) is 0 Å². The van der Waals surface area contributed by atoms with E-state index in [2.05, 4.69) is 52.0 Å². The maximum Gasteiger partial charge on any atom is 0.193 e. The highest BCUT2D eigenvalue weighted by molar-refractivity contribution is 6.47. The molecule has 1 aromatic rings. The second kappa shape index (κ2) is 4.76. The van der Waals surface area contributed by atoms with Crippen molar-refractivity contribution in [3.05, 3.63) is 29.8 Å². The summed E-state index contributed by atoms with van der Waals surface area (Å²) in [5, 5.41) is 1.45. The van der Waals surface area contributed by atoms with Crippen molar-refractivity contribution in [2.24, 2.45) is 0 Å². The molecule has 1 nitrogen and oxygen atoms in total. The van der Waals surface area contributed by atoms with E-state index in [0.717, 1.165) is 6.42 Å². The van der Waals surface area contributed by atoms with E-state index >= 15 is 0 Å². The van der Waals surface area contributed by atoms with E-state index in [1.807, 2.05) is 0 Å².